The van der Waals surface area contributed by atoms with E-state index in [0.29, 0.717) is 0 Å². The van der Waals surface area contributed by atoms with Crippen molar-refractivity contribution < 1.29 is 15.0 Å². The van der Waals surface area contributed by atoms with Gasteiger partial charge in [0.25, 0.3) is 0 Å². The first-order valence-electron chi connectivity index (χ1n) is 15.8. The number of allylic oxidation sites excluding steroid dienone is 2. The zero-order valence-electron chi connectivity index (χ0n) is 27.3. The van der Waals surface area contributed by atoms with Crippen LogP contribution in [0.5, 0.6) is 0 Å². The minimum absolute atomic E-state index is 0.0233. The van der Waals surface area contributed by atoms with E-state index in [2.05, 4.69) is 162 Å². The van der Waals surface area contributed by atoms with Gasteiger partial charge in [0, 0.05) is 0 Å². The van der Waals surface area contributed by atoms with E-state index in [-0.39, 0.29) is 7.25 Å². The van der Waals surface area contributed by atoms with E-state index in [1.807, 2.05) is 0 Å². The van der Waals surface area contributed by atoms with Crippen LogP contribution in [0.15, 0.2) is 108 Å². The van der Waals surface area contributed by atoms with Gasteiger partial charge in [-0.25, -0.2) is 0 Å². The fourth-order valence-corrected chi connectivity index (χ4v) is 56.5. The predicted molar refractivity (Wildman–Crippen MR) is 201 cm³/mol. The summed E-state index contributed by atoms with van der Waals surface area (Å²) >= 11 is -5.24. The summed E-state index contributed by atoms with van der Waals surface area (Å²) in [6, 6.07) is 36.6. The molecule has 2 atom stereocenters. The number of rotatable bonds is 6. The molecule has 4 aromatic rings. The van der Waals surface area contributed by atoms with Crippen LogP contribution in [0, 0.1) is 0 Å². The second kappa shape index (κ2) is 11.3. The molecule has 6 rings (SSSR count). The Balaban J connectivity index is 1.82. The molecule has 0 radical (unpaired) electrons. The van der Waals surface area contributed by atoms with Crippen LogP contribution in [0.25, 0.3) is 12.2 Å². The molecule has 0 aromatic heterocycles. The van der Waals surface area contributed by atoms with Crippen molar-refractivity contribution >= 4 is 71.5 Å². The molecule has 0 spiro atoms. The van der Waals surface area contributed by atoms with Gasteiger partial charge in [-0.3, -0.25) is 0 Å². The second-order valence-corrected chi connectivity index (χ2v) is 60.2. The maximum atomic E-state index is 8.98. The Kier molecular flexibility index (Phi) is 8.34. The third kappa shape index (κ3) is 5.36. The standard InChI is InChI=1S/2C13H17Si.C12H10Si.2ClH.Zr/c2*1-10-7-11-5-6-13(14(2,3)4)9-12(11)8-10;1-3-7-11(8-4-1)13-12-9-5-2-6-10-12;;;/h2*5-9H,1-4H3;1-10H;2*1H;/q;;;;;+2/p-2. The molecule has 2 aliphatic rings. The maximum absolute atomic E-state index is 8.98. The molecule has 2 unspecified atom stereocenters. The SMILES string of the molecule is CC1=Cc2ccc([Si](C)(C)C)cc2[CH]1[Zr]([Cl])([Cl])([CH]1C(C)=Cc2ccc([Si](C)(C)C)cc21)=[Si](c1ccccc1)c1ccccc1. The Bertz CT molecular complexity index is 1770. The molecule has 0 saturated carbocycles. The van der Waals surface area contributed by atoms with E-state index in [1.54, 1.807) is 0 Å². The predicted octanol–water partition coefficient (Wildman–Crippen LogP) is 9.20. The van der Waals surface area contributed by atoms with Gasteiger partial charge in [0.05, 0.1) is 0 Å². The third-order valence-corrected chi connectivity index (χ3v) is 52.3. The fourth-order valence-electron chi connectivity index (χ4n) is 7.78. The van der Waals surface area contributed by atoms with Crippen molar-refractivity contribution in [3.63, 3.8) is 0 Å². The summed E-state index contributed by atoms with van der Waals surface area (Å²) in [4.78, 5) is 0. The van der Waals surface area contributed by atoms with Crippen LogP contribution in [0.2, 0.25) is 39.3 Å². The van der Waals surface area contributed by atoms with E-state index in [4.69, 9.17) is 17.0 Å². The molecular formula is C38H44Cl2Si3Zr. The van der Waals surface area contributed by atoms with E-state index < -0.39 is 36.6 Å². The van der Waals surface area contributed by atoms with Crippen molar-refractivity contribution in [1.82, 2.24) is 0 Å². The van der Waals surface area contributed by atoms with Gasteiger partial charge in [-0.15, -0.1) is 0 Å². The van der Waals surface area contributed by atoms with Crippen molar-refractivity contribution in [3.05, 3.63) is 130 Å². The molecule has 2 aliphatic carbocycles. The molecule has 4 aromatic carbocycles. The van der Waals surface area contributed by atoms with Crippen LogP contribution < -0.4 is 20.7 Å². The number of benzene rings is 4. The fraction of sp³-hybridized carbons (Fsp3) is 0.263. The van der Waals surface area contributed by atoms with Crippen molar-refractivity contribution in [1.29, 1.82) is 0 Å². The molecule has 0 N–H and O–H groups in total. The van der Waals surface area contributed by atoms with Gasteiger partial charge < -0.3 is 0 Å². The molecule has 0 nitrogen and oxygen atoms in total. The van der Waals surface area contributed by atoms with Crippen LogP contribution in [-0.2, 0) is 15.0 Å². The quantitative estimate of drug-likeness (QED) is 0.173. The summed E-state index contributed by atoms with van der Waals surface area (Å²) in [6.45, 7) is 19.2. The molecule has 44 heavy (non-hydrogen) atoms. The van der Waals surface area contributed by atoms with Crippen LogP contribution in [-0.4, -0.2) is 21.6 Å². The van der Waals surface area contributed by atoms with Gasteiger partial charge >= 0.3 is 277 Å². The van der Waals surface area contributed by atoms with Crippen LogP contribution in [0.4, 0.5) is 0 Å². The minimum atomic E-state index is -5.24. The topological polar surface area (TPSA) is 0 Å². The number of hydrogen-bond donors (Lipinski definition) is 0. The molecule has 6 heteroatoms. The Hall–Kier alpha value is -1.53. The first-order chi connectivity index (χ1) is 20.6. The number of hydrogen-bond acceptors (Lipinski definition) is 0. The monoisotopic (exact) mass is 744 g/mol. The molecule has 226 valence electrons. The van der Waals surface area contributed by atoms with E-state index in [1.165, 1.54) is 54.1 Å². The summed E-state index contributed by atoms with van der Waals surface area (Å²) in [7, 11) is 14.8. The van der Waals surface area contributed by atoms with Crippen molar-refractivity contribution in [2.45, 2.75) is 60.4 Å². The Morgan fingerprint density at radius 2 is 0.909 bits per heavy atom. The molecule has 0 bridgehead atoms. The van der Waals surface area contributed by atoms with Crippen LogP contribution in [0.3, 0.4) is 0 Å². The molecule has 0 fully saturated rings. The van der Waals surface area contributed by atoms with E-state index in [0.717, 1.165) is 0 Å². The average molecular weight is 747 g/mol. The van der Waals surface area contributed by atoms with Gasteiger partial charge in [-0.2, -0.15) is 0 Å². The van der Waals surface area contributed by atoms with Gasteiger partial charge in [0.1, 0.15) is 0 Å². The van der Waals surface area contributed by atoms with Gasteiger partial charge in [-0.1, -0.05) is 0 Å². The van der Waals surface area contributed by atoms with Crippen molar-refractivity contribution in [2.75, 3.05) is 0 Å². The summed E-state index contributed by atoms with van der Waals surface area (Å²) in [5.74, 6) is 0. The molecule has 0 aliphatic heterocycles. The third-order valence-electron chi connectivity index (χ3n) is 9.87. The van der Waals surface area contributed by atoms with E-state index in [9.17, 15) is 0 Å². The van der Waals surface area contributed by atoms with E-state index >= 15 is 0 Å². The summed E-state index contributed by atoms with van der Waals surface area (Å²) < 4.78 is 0.0467. The Morgan fingerprint density at radius 1 is 0.545 bits per heavy atom. The van der Waals surface area contributed by atoms with Crippen molar-refractivity contribution in [2.24, 2.45) is 0 Å². The molecule has 0 heterocycles. The van der Waals surface area contributed by atoms with Gasteiger partial charge in [-0.05, 0) is 0 Å². The van der Waals surface area contributed by atoms with Crippen LogP contribution >= 0.6 is 17.0 Å². The Labute approximate surface area is 275 Å². The second-order valence-electron chi connectivity index (χ2n) is 15.1. The first-order valence-corrected chi connectivity index (χ1v) is 37.2. The molecular weight excluding hydrogens is 703 g/mol. The van der Waals surface area contributed by atoms with Gasteiger partial charge in [0.2, 0.25) is 0 Å². The Morgan fingerprint density at radius 3 is 1.25 bits per heavy atom. The number of fused-ring (bicyclic) bond motifs is 2. The average Bonchev–Trinajstić information content (AvgIpc) is 3.48. The summed E-state index contributed by atoms with van der Waals surface area (Å²) in [5, 5.41) is 5.60. The zero-order chi connectivity index (χ0) is 31.7. The summed E-state index contributed by atoms with van der Waals surface area (Å²) in [5.41, 5.74) is 6.35. The zero-order valence-corrected chi connectivity index (χ0v) is 34.3. The first kappa shape index (κ1) is 32.4. The molecule has 0 amide bonds. The normalized spacial score (nSPS) is 18.4. The van der Waals surface area contributed by atoms with Crippen LogP contribution in [0.1, 0.15) is 43.4 Å². The van der Waals surface area contributed by atoms with Crippen molar-refractivity contribution in [3.8, 4) is 0 Å². The van der Waals surface area contributed by atoms with Gasteiger partial charge in [0.15, 0.2) is 0 Å². The summed E-state index contributed by atoms with van der Waals surface area (Å²) in [6.07, 6.45) is 4.80. The number of halogens is 2. The molecule has 0 saturated heterocycles.